The number of nitrogens with two attached hydrogens (primary N) is 1. The summed E-state index contributed by atoms with van der Waals surface area (Å²) in [6.07, 6.45) is 1.57. The van der Waals surface area contributed by atoms with E-state index in [1.165, 1.54) is 5.56 Å². The van der Waals surface area contributed by atoms with Crippen LogP contribution in [0.25, 0.3) is 0 Å². The monoisotopic (exact) mass is 304 g/mol. The summed E-state index contributed by atoms with van der Waals surface area (Å²) in [6.45, 7) is 5.68. The second kappa shape index (κ2) is 7.03. The molecular formula is C17H24N2OS. The molecule has 0 saturated heterocycles. The van der Waals surface area contributed by atoms with E-state index in [2.05, 4.69) is 26.0 Å². The molecule has 4 heteroatoms. The Morgan fingerprint density at radius 1 is 1.38 bits per heavy atom. The summed E-state index contributed by atoms with van der Waals surface area (Å²) >= 11 is 4.93. The Hall–Kier alpha value is -1.42. The Morgan fingerprint density at radius 3 is 2.62 bits per heavy atom. The zero-order valence-corrected chi connectivity index (χ0v) is 13.6. The number of benzene rings is 1. The van der Waals surface area contributed by atoms with Crippen molar-refractivity contribution in [1.82, 2.24) is 4.90 Å². The highest BCUT2D eigenvalue weighted by Crippen LogP contribution is 2.48. The summed E-state index contributed by atoms with van der Waals surface area (Å²) in [7, 11) is 0. The van der Waals surface area contributed by atoms with Crippen LogP contribution in [0.2, 0.25) is 0 Å². The molecule has 1 aromatic rings. The van der Waals surface area contributed by atoms with Crippen LogP contribution in [-0.2, 0) is 4.79 Å². The van der Waals surface area contributed by atoms with Gasteiger partial charge in [0.05, 0.1) is 4.99 Å². The second-order valence-electron chi connectivity index (χ2n) is 6.25. The van der Waals surface area contributed by atoms with Crippen LogP contribution in [0.4, 0.5) is 0 Å². The van der Waals surface area contributed by atoms with Gasteiger partial charge in [-0.2, -0.15) is 0 Å². The molecule has 114 valence electrons. The Labute approximate surface area is 132 Å². The average Bonchev–Trinajstić information content (AvgIpc) is 3.23. The van der Waals surface area contributed by atoms with E-state index in [9.17, 15) is 4.79 Å². The minimum absolute atomic E-state index is 0.137. The third-order valence-corrected chi connectivity index (χ3v) is 4.06. The fourth-order valence-electron chi connectivity index (χ4n) is 2.75. The minimum atomic E-state index is 0.137. The first kappa shape index (κ1) is 16.0. The molecule has 21 heavy (non-hydrogen) atoms. The summed E-state index contributed by atoms with van der Waals surface area (Å²) in [6, 6.07) is 10.3. The number of carbonyl (C=O) groups excluding carboxylic acids is 1. The lowest BCUT2D eigenvalue weighted by Crippen LogP contribution is -2.37. The summed E-state index contributed by atoms with van der Waals surface area (Å²) in [5.74, 6) is 1.23. The molecule has 1 aliphatic carbocycles. The average molecular weight is 304 g/mol. The van der Waals surface area contributed by atoms with Gasteiger partial charge in [0.15, 0.2) is 0 Å². The van der Waals surface area contributed by atoms with Crippen LogP contribution in [0.15, 0.2) is 30.3 Å². The third-order valence-electron chi connectivity index (χ3n) is 3.86. The molecule has 0 aliphatic heterocycles. The summed E-state index contributed by atoms with van der Waals surface area (Å²) in [5.41, 5.74) is 6.85. The molecule has 2 unspecified atom stereocenters. The van der Waals surface area contributed by atoms with Crippen LogP contribution in [0, 0.1) is 11.8 Å². The lowest BCUT2D eigenvalue weighted by Gasteiger charge is -2.24. The summed E-state index contributed by atoms with van der Waals surface area (Å²) < 4.78 is 0. The smallest absolute Gasteiger partial charge is 0.226 e. The third kappa shape index (κ3) is 4.53. The molecule has 3 nitrogen and oxygen atoms in total. The number of hydrogen-bond acceptors (Lipinski definition) is 2. The van der Waals surface area contributed by atoms with Crippen molar-refractivity contribution in [2.24, 2.45) is 17.6 Å². The van der Waals surface area contributed by atoms with E-state index >= 15 is 0 Å². The number of amides is 1. The van der Waals surface area contributed by atoms with Crippen LogP contribution in [0.5, 0.6) is 0 Å². The van der Waals surface area contributed by atoms with E-state index in [4.69, 9.17) is 18.0 Å². The first-order valence-electron chi connectivity index (χ1n) is 7.61. The highest BCUT2D eigenvalue weighted by Gasteiger charge is 2.45. The number of hydrogen-bond donors (Lipinski definition) is 1. The zero-order valence-electron chi connectivity index (χ0n) is 12.8. The maximum atomic E-state index is 12.7. The van der Waals surface area contributed by atoms with Gasteiger partial charge in [-0.1, -0.05) is 56.4 Å². The van der Waals surface area contributed by atoms with Gasteiger partial charge >= 0.3 is 0 Å². The van der Waals surface area contributed by atoms with Crippen molar-refractivity contribution in [3.8, 4) is 0 Å². The molecule has 1 aromatic carbocycles. The molecule has 2 atom stereocenters. The van der Waals surface area contributed by atoms with E-state index in [1.807, 2.05) is 23.1 Å². The van der Waals surface area contributed by atoms with Crippen LogP contribution in [0.3, 0.4) is 0 Å². The lowest BCUT2D eigenvalue weighted by atomic mass is 10.1. The molecule has 2 N–H and O–H groups in total. The van der Waals surface area contributed by atoms with E-state index in [-0.39, 0.29) is 11.8 Å². The highest BCUT2D eigenvalue weighted by molar-refractivity contribution is 7.80. The minimum Gasteiger partial charge on any atom is -0.393 e. The molecule has 0 spiro atoms. The standard InChI is InChI=1S/C17H24N2OS/c1-12(2)11-19(9-8-16(18)21)17(20)15-10-14(15)13-6-4-3-5-7-13/h3-7,12,14-15H,8-11H2,1-2H3,(H2,18,21). The maximum Gasteiger partial charge on any atom is 0.226 e. The van der Waals surface area contributed by atoms with Gasteiger partial charge in [0.25, 0.3) is 0 Å². The van der Waals surface area contributed by atoms with Crippen molar-refractivity contribution >= 4 is 23.1 Å². The maximum absolute atomic E-state index is 12.7. The van der Waals surface area contributed by atoms with Crippen LogP contribution in [-0.4, -0.2) is 28.9 Å². The van der Waals surface area contributed by atoms with Gasteiger partial charge in [0, 0.05) is 25.4 Å². The number of thiocarbonyl (C=S) groups is 1. The Kier molecular flexibility index (Phi) is 5.34. The van der Waals surface area contributed by atoms with Crippen molar-refractivity contribution in [2.45, 2.75) is 32.6 Å². The lowest BCUT2D eigenvalue weighted by molar-refractivity contribution is -0.133. The van der Waals surface area contributed by atoms with Crippen LogP contribution in [0.1, 0.15) is 38.2 Å². The molecule has 1 fully saturated rings. The predicted octanol–water partition coefficient (Wildman–Crippen LogP) is 2.95. The Morgan fingerprint density at radius 2 is 2.05 bits per heavy atom. The van der Waals surface area contributed by atoms with Crippen LogP contribution >= 0.6 is 12.2 Å². The SMILES string of the molecule is CC(C)CN(CCC(N)=S)C(=O)C1CC1c1ccccc1. The highest BCUT2D eigenvalue weighted by atomic mass is 32.1. The van der Waals surface area contributed by atoms with Gasteiger partial charge in [-0.3, -0.25) is 4.79 Å². The second-order valence-corrected chi connectivity index (χ2v) is 6.78. The first-order chi connectivity index (χ1) is 9.99. The van der Waals surface area contributed by atoms with Gasteiger partial charge in [-0.15, -0.1) is 0 Å². The molecule has 1 amide bonds. The first-order valence-corrected chi connectivity index (χ1v) is 8.02. The Balaban J connectivity index is 1.97. The molecule has 0 heterocycles. The van der Waals surface area contributed by atoms with Crippen LogP contribution < -0.4 is 5.73 Å². The van der Waals surface area contributed by atoms with Gasteiger partial charge in [-0.05, 0) is 23.8 Å². The molecule has 1 saturated carbocycles. The van der Waals surface area contributed by atoms with Crippen molar-refractivity contribution in [1.29, 1.82) is 0 Å². The zero-order chi connectivity index (χ0) is 15.4. The molecule has 0 aromatic heterocycles. The molecule has 0 radical (unpaired) electrons. The van der Waals surface area contributed by atoms with E-state index < -0.39 is 0 Å². The molecule has 2 rings (SSSR count). The van der Waals surface area contributed by atoms with Gasteiger partial charge in [0.1, 0.15) is 0 Å². The molecule has 1 aliphatic rings. The van der Waals surface area contributed by atoms with Gasteiger partial charge in [0.2, 0.25) is 5.91 Å². The summed E-state index contributed by atoms with van der Waals surface area (Å²) in [4.78, 5) is 15.1. The van der Waals surface area contributed by atoms with Crippen molar-refractivity contribution < 1.29 is 4.79 Å². The van der Waals surface area contributed by atoms with E-state index in [0.29, 0.717) is 29.8 Å². The van der Waals surface area contributed by atoms with E-state index in [1.54, 1.807) is 0 Å². The number of nitrogens with zero attached hydrogens (tertiary/aromatic N) is 1. The Bertz CT molecular complexity index is 501. The van der Waals surface area contributed by atoms with Gasteiger partial charge in [-0.25, -0.2) is 0 Å². The number of carbonyl (C=O) groups is 1. The predicted molar refractivity (Wildman–Crippen MR) is 90.1 cm³/mol. The largest absolute Gasteiger partial charge is 0.393 e. The summed E-state index contributed by atoms with van der Waals surface area (Å²) in [5, 5.41) is 0. The van der Waals surface area contributed by atoms with Crippen molar-refractivity contribution in [3.63, 3.8) is 0 Å². The topological polar surface area (TPSA) is 46.3 Å². The van der Waals surface area contributed by atoms with Crippen molar-refractivity contribution in [3.05, 3.63) is 35.9 Å². The van der Waals surface area contributed by atoms with Crippen molar-refractivity contribution in [2.75, 3.05) is 13.1 Å². The van der Waals surface area contributed by atoms with Gasteiger partial charge < -0.3 is 10.6 Å². The quantitative estimate of drug-likeness (QED) is 0.788. The number of rotatable bonds is 7. The fourth-order valence-corrected chi connectivity index (χ4v) is 2.84. The molecule has 0 bridgehead atoms. The molecular weight excluding hydrogens is 280 g/mol. The van der Waals surface area contributed by atoms with E-state index in [0.717, 1.165) is 13.0 Å². The fraction of sp³-hybridized carbons (Fsp3) is 0.529. The normalized spacial score (nSPS) is 20.3.